The highest BCUT2D eigenvalue weighted by Gasteiger charge is 2.29. The Hall–Kier alpha value is -3.42. The lowest BCUT2D eigenvalue weighted by atomic mass is 9.95. The maximum Gasteiger partial charge on any atom is 0.317 e. The van der Waals surface area contributed by atoms with Crippen LogP contribution in [0.5, 0.6) is 0 Å². The lowest BCUT2D eigenvalue weighted by Crippen LogP contribution is -2.53. The molecule has 1 aliphatic heterocycles. The Bertz CT molecular complexity index is 1060. The van der Waals surface area contributed by atoms with Gasteiger partial charge in [-0.3, -0.25) is 5.10 Å². The van der Waals surface area contributed by atoms with Crippen molar-refractivity contribution in [3.8, 4) is 11.3 Å². The second kappa shape index (κ2) is 8.37. The largest absolute Gasteiger partial charge is 0.331 e. The molecular formula is C23H27N7O. The van der Waals surface area contributed by atoms with Crippen molar-refractivity contribution in [2.45, 2.75) is 38.6 Å². The van der Waals surface area contributed by atoms with Crippen molar-refractivity contribution in [1.82, 2.24) is 30.4 Å². The second-order valence-corrected chi connectivity index (χ2v) is 8.55. The van der Waals surface area contributed by atoms with E-state index in [1.165, 1.54) is 11.1 Å². The first-order chi connectivity index (χ1) is 15.2. The number of hydrogen-bond donors (Lipinski definition) is 3. The molecule has 2 amide bonds. The van der Waals surface area contributed by atoms with E-state index in [4.69, 9.17) is 0 Å². The van der Waals surface area contributed by atoms with Crippen LogP contribution in [-0.4, -0.2) is 44.2 Å². The average molecular weight is 418 g/mol. The summed E-state index contributed by atoms with van der Waals surface area (Å²) in [5.41, 5.74) is 5.26. The third-order valence-corrected chi connectivity index (χ3v) is 6.06. The maximum absolute atomic E-state index is 12.6. The molecule has 1 atom stereocenters. The fourth-order valence-electron chi connectivity index (χ4n) is 4.42. The van der Waals surface area contributed by atoms with Crippen LogP contribution in [0.2, 0.25) is 0 Å². The van der Waals surface area contributed by atoms with Crippen molar-refractivity contribution in [3.63, 3.8) is 0 Å². The normalized spacial score (nSPS) is 18.6. The number of rotatable bonds is 4. The molecule has 1 unspecified atom stereocenters. The van der Waals surface area contributed by atoms with E-state index in [0.29, 0.717) is 11.9 Å². The monoisotopic (exact) mass is 417 g/mol. The number of benzene rings is 1. The third kappa shape index (κ3) is 4.23. The van der Waals surface area contributed by atoms with Gasteiger partial charge >= 0.3 is 6.03 Å². The van der Waals surface area contributed by atoms with E-state index in [9.17, 15) is 4.79 Å². The molecule has 1 fully saturated rings. The highest BCUT2D eigenvalue weighted by atomic mass is 16.2. The van der Waals surface area contributed by atoms with Crippen molar-refractivity contribution in [1.29, 1.82) is 0 Å². The molecular weight excluding hydrogens is 390 g/mol. The number of likely N-dealkylation sites (tertiary alicyclic amines) is 1. The molecule has 0 radical (unpaired) electrons. The smallest absolute Gasteiger partial charge is 0.317 e. The van der Waals surface area contributed by atoms with Crippen LogP contribution in [0, 0.1) is 5.92 Å². The quantitative estimate of drug-likeness (QED) is 0.557. The van der Waals surface area contributed by atoms with Crippen LogP contribution in [0.15, 0.2) is 42.9 Å². The molecule has 1 aromatic carbocycles. The van der Waals surface area contributed by atoms with Crippen molar-refractivity contribution in [3.05, 3.63) is 54.0 Å². The minimum Gasteiger partial charge on any atom is -0.331 e. The Morgan fingerprint density at radius 2 is 2.13 bits per heavy atom. The van der Waals surface area contributed by atoms with Gasteiger partial charge in [-0.1, -0.05) is 25.5 Å². The zero-order valence-electron chi connectivity index (χ0n) is 17.6. The number of amides is 2. The summed E-state index contributed by atoms with van der Waals surface area (Å²) in [7, 11) is 0. The van der Waals surface area contributed by atoms with E-state index in [-0.39, 0.29) is 12.1 Å². The van der Waals surface area contributed by atoms with E-state index in [1.807, 2.05) is 11.0 Å². The molecule has 2 aliphatic rings. The molecule has 160 valence electrons. The van der Waals surface area contributed by atoms with Gasteiger partial charge in [-0.2, -0.15) is 5.10 Å². The van der Waals surface area contributed by atoms with Crippen LogP contribution in [0.3, 0.4) is 0 Å². The predicted molar refractivity (Wildman–Crippen MR) is 119 cm³/mol. The topological polar surface area (TPSA) is 98.8 Å². The predicted octanol–water partition coefficient (Wildman–Crippen LogP) is 4.04. The molecule has 3 heterocycles. The number of fused-ring (bicyclic) bond motifs is 1. The van der Waals surface area contributed by atoms with Gasteiger partial charge in [0.1, 0.15) is 0 Å². The third-order valence-electron chi connectivity index (χ3n) is 6.06. The summed E-state index contributed by atoms with van der Waals surface area (Å²) in [6.45, 7) is 3.88. The van der Waals surface area contributed by atoms with Gasteiger partial charge in [-0.25, -0.2) is 14.8 Å². The van der Waals surface area contributed by atoms with Gasteiger partial charge in [0, 0.05) is 31.0 Å². The molecule has 0 spiro atoms. The Balaban J connectivity index is 1.37. The van der Waals surface area contributed by atoms with Crippen molar-refractivity contribution < 1.29 is 4.79 Å². The molecule has 5 rings (SSSR count). The minimum atomic E-state index is 0.0609. The van der Waals surface area contributed by atoms with E-state index < -0.39 is 0 Å². The maximum atomic E-state index is 12.6. The number of H-pyrrole nitrogens is 1. The Labute approximate surface area is 181 Å². The molecule has 8 nitrogen and oxygen atoms in total. The molecule has 2 aromatic heterocycles. The molecule has 0 saturated carbocycles. The van der Waals surface area contributed by atoms with Gasteiger partial charge in [-0.15, -0.1) is 0 Å². The van der Waals surface area contributed by atoms with Crippen LogP contribution in [0.1, 0.15) is 43.4 Å². The molecule has 3 aromatic rings. The standard InChI is InChI=1S/C23H27N7O/c1-15-13-30(14-15)23(31)29-21-5-3-2-4-16-10-17(6-7-19(16)21)20-8-9-24-22(28-20)27-18-11-25-26-12-18/h6-12,15,21H,2-5,13-14H2,1H3,(H,25,26)(H,29,31)(H,24,27,28). The van der Waals surface area contributed by atoms with E-state index in [0.717, 1.165) is 55.7 Å². The average Bonchev–Trinajstić information content (AvgIpc) is 3.18. The molecule has 8 heteroatoms. The molecule has 31 heavy (non-hydrogen) atoms. The summed E-state index contributed by atoms with van der Waals surface area (Å²) in [4.78, 5) is 23.5. The fraction of sp³-hybridized carbons (Fsp3) is 0.391. The number of urea groups is 1. The lowest BCUT2D eigenvalue weighted by Gasteiger charge is -2.38. The first-order valence-corrected chi connectivity index (χ1v) is 10.9. The van der Waals surface area contributed by atoms with Gasteiger partial charge in [0.2, 0.25) is 5.95 Å². The van der Waals surface area contributed by atoms with Crippen LogP contribution in [-0.2, 0) is 6.42 Å². The van der Waals surface area contributed by atoms with Gasteiger partial charge in [-0.05, 0) is 48.4 Å². The summed E-state index contributed by atoms with van der Waals surface area (Å²) in [6, 6.07) is 8.52. The highest BCUT2D eigenvalue weighted by Crippen LogP contribution is 2.32. The van der Waals surface area contributed by atoms with E-state index in [1.54, 1.807) is 18.6 Å². The van der Waals surface area contributed by atoms with Crippen molar-refractivity contribution >= 4 is 17.7 Å². The molecule has 0 bridgehead atoms. The first kappa shape index (κ1) is 19.5. The van der Waals surface area contributed by atoms with Crippen LogP contribution < -0.4 is 10.6 Å². The second-order valence-electron chi connectivity index (χ2n) is 8.55. The summed E-state index contributed by atoms with van der Waals surface area (Å²) in [6.07, 6.45) is 9.43. The number of carbonyl (C=O) groups is 1. The highest BCUT2D eigenvalue weighted by molar-refractivity contribution is 5.76. The number of aromatic amines is 1. The van der Waals surface area contributed by atoms with E-state index >= 15 is 0 Å². The number of carbonyl (C=O) groups excluding carboxylic acids is 1. The molecule has 1 saturated heterocycles. The molecule has 3 N–H and O–H groups in total. The van der Waals surface area contributed by atoms with Gasteiger partial charge in [0.25, 0.3) is 0 Å². The van der Waals surface area contributed by atoms with Crippen molar-refractivity contribution in [2.75, 3.05) is 18.4 Å². The van der Waals surface area contributed by atoms with E-state index in [2.05, 4.69) is 55.9 Å². The summed E-state index contributed by atoms with van der Waals surface area (Å²) >= 11 is 0. The SMILES string of the molecule is CC1CN(C(=O)NC2CCCCc3cc(-c4ccnc(Nc5cn[nH]c5)n4)ccc32)C1. The zero-order chi connectivity index (χ0) is 21.2. The van der Waals surface area contributed by atoms with Gasteiger partial charge in [0.15, 0.2) is 0 Å². The summed E-state index contributed by atoms with van der Waals surface area (Å²) in [5.74, 6) is 1.14. The summed E-state index contributed by atoms with van der Waals surface area (Å²) in [5, 5.41) is 13.1. The number of nitrogens with zero attached hydrogens (tertiary/aromatic N) is 4. The first-order valence-electron chi connectivity index (χ1n) is 10.9. The zero-order valence-corrected chi connectivity index (χ0v) is 17.6. The minimum absolute atomic E-state index is 0.0609. The fourth-order valence-corrected chi connectivity index (χ4v) is 4.42. The van der Waals surface area contributed by atoms with Crippen LogP contribution in [0.25, 0.3) is 11.3 Å². The Morgan fingerprint density at radius 3 is 2.94 bits per heavy atom. The van der Waals surface area contributed by atoms with Crippen LogP contribution >= 0.6 is 0 Å². The number of hydrogen-bond acceptors (Lipinski definition) is 5. The number of nitrogens with one attached hydrogen (secondary N) is 3. The number of anilines is 2. The molecule has 1 aliphatic carbocycles. The summed E-state index contributed by atoms with van der Waals surface area (Å²) < 4.78 is 0. The Kier molecular flexibility index (Phi) is 5.28. The van der Waals surface area contributed by atoms with Crippen molar-refractivity contribution in [2.24, 2.45) is 5.92 Å². The Morgan fingerprint density at radius 1 is 1.23 bits per heavy atom. The van der Waals surface area contributed by atoms with Gasteiger partial charge < -0.3 is 15.5 Å². The lowest BCUT2D eigenvalue weighted by molar-refractivity contribution is 0.126. The van der Waals surface area contributed by atoms with Crippen LogP contribution in [0.4, 0.5) is 16.4 Å². The number of aryl methyl sites for hydroxylation is 1. The van der Waals surface area contributed by atoms with Gasteiger partial charge in [0.05, 0.1) is 23.6 Å². The number of aromatic nitrogens is 4.